The molecule has 1 aromatic rings. The molecule has 1 N–H and O–H groups in total. The normalized spacial score (nSPS) is 23.6. The highest BCUT2D eigenvalue weighted by atomic mass is 16.5. The van der Waals surface area contributed by atoms with Gasteiger partial charge in [-0.3, -0.25) is 0 Å². The molecule has 1 aliphatic carbocycles. The lowest BCUT2D eigenvalue weighted by molar-refractivity contribution is -0.0318. The highest BCUT2D eigenvalue weighted by Gasteiger charge is 2.25. The number of fused-ring (bicyclic) bond motifs is 1. The number of benzene rings is 1. The van der Waals surface area contributed by atoms with Gasteiger partial charge in [-0.25, -0.2) is 0 Å². The summed E-state index contributed by atoms with van der Waals surface area (Å²) in [7, 11) is 2.14. The molecule has 1 fully saturated rings. The van der Waals surface area contributed by atoms with Gasteiger partial charge in [0.15, 0.2) is 0 Å². The van der Waals surface area contributed by atoms with Gasteiger partial charge < -0.3 is 19.6 Å². The van der Waals surface area contributed by atoms with Gasteiger partial charge in [0.25, 0.3) is 0 Å². The number of hydrogen-bond donors (Lipinski definition) is 1. The summed E-state index contributed by atoms with van der Waals surface area (Å²) >= 11 is 0. The van der Waals surface area contributed by atoms with Crippen LogP contribution in [0.25, 0.3) is 0 Å². The van der Waals surface area contributed by atoms with E-state index in [1.165, 1.54) is 43.5 Å². The molecule has 25 heavy (non-hydrogen) atoms. The van der Waals surface area contributed by atoms with E-state index in [-0.39, 0.29) is 6.10 Å². The van der Waals surface area contributed by atoms with Crippen LogP contribution in [0.5, 0.6) is 0 Å². The van der Waals surface area contributed by atoms with Crippen molar-refractivity contribution in [2.75, 3.05) is 39.8 Å². The lowest BCUT2D eigenvalue weighted by atomic mass is 9.89. The summed E-state index contributed by atoms with van der Waals surface area (Å²) in [5.74, 6) is 0. The Balaban J connectivity index is 1.43. The number of likely N-dealkylation sites (N-methyl/N-ethyl adjacent to an activating group) is 1. The van der Waals surface area contributed by atoms with Crippen molar-refractivity contribution in [3.05, 3.63) is 35.4 Å². The average Bonchev–Trinajstić information content (AvgIpc) is 2.66. The number of likely N-dealkylation sites (tertiary alicyclic amines) is 1. The van der Waals surface area contributed by atoms with Gasteiger partial charge in [-0.15, -0.1) is 0 Å². The van der Waals surface area contributed by atoms with Gasteiger partial charge in [0.2, 0.25) is 0 Å². The zero-order valence-corrected chi connectivity index (χ0v) is 15.9. The third-order valence-corrected chi connectivity index (χ3v) is 5.93. The quantitative estimate of drug-likeness (QED) is 0.824. The molecule has 3 rings (SSSR count). The summed E-state index contributed by atoms with van der Waals surface area (Å²) < 4.78 is 6.11. The average molecular weight is 347 g/mol. The lowest BCUT2D eigenvalue weighted by Gasteiger charge is -2.37. The number of aliphatic hydroxyl groups is 1. The summed E-state index contributed by atoms with van der Waals surface area (Å²) in [6.07, 6.45) is 5.53. The molecule has 140 valence electrons. The lowest BCUT2D eigenvalue weighted by Crippen LogP contribution is -2.46. The molecule has 4 heteroatoms. The maximum atomic E-state index is 10.4. The van der Waals surface area contributed by atoms with Crippen molar-refractivity contribution < 1.29 is 9.84 Å². The van der Waals surface area contributed by atoms with Crippen LogP contribution in [0.15, 0.2) is 24.3 Å². The zero-order chi connectivity index (χ0) is 17.6. The van der Waals surface area contributed by atoms with E-state index in [0.29, 0.717) is 19.2 Å². The Hall–Kier alpha value is -0.940. The Bertz CT molecular complexity index is 528. The van der Waals surface area contributed by atoms with E-state index >= 15 is 0 Å². The van der Waals surface area contributed by atoms with Crippen LogP contribution in [-0.4, -0.2) is 66.9 Å². The van der Waals surface area contributed by atoms with Crippen LogP contribution < -0.4 is 0 Å². The van der Waals surface area contributed by atoms with Crippen molar-refractivity contribution in [1.29, 1.82) is 0 Å². The molecule has 0 saturated carbocycles. The highest BCUT2D eigenvalue weighted by molar-refractivity contribution is 5.31. The van der Waals surface area contributed by atoms with Gasteiger partial charge in [0.1, 0.15) is 0 Å². The summed E-state index contributed by atoms with van der Waals surface area (Å²) in [6, 6.07) is 9.17. The van der Waals surface area contributed by atoms with Gasteiger partial charge in [0.05, 0.1) is 18.8 Å². The number of hydrogen-bond acceptors (Lipinski definition) is 4. The molecule has 4 nitrogen and oxygen atoms in total. The minimum Gasteiger partial charge on any atom is -0.389 e. The second kappa shape index (κ2) is 9.13. The Morgan fingerprint density at radius 3 is 2.76 bits per heavy atom. The van der Waals surface area contributed by atoms with Crippen molar-refractivity contribution >= 4 is 0 Å². The predicted octanol–water partition coefficient (Wildman–Crippen LogP) is 2.86. The third kappa shape index (κ3) is 5.04. The molecule has 1 aromatic carbocycles. The van der Waals surface area contributed by atoms with Crippen LogP contribution in [0.1, 0.15) is 49.8 Å². The van der Waals surface area contributed by atoms with Crippen LogP contribution >= 0.6 is 0 Å². The summed E-state index contributed by atoms with van der Waals surface area (Å²) in [6.45, 7) is 6.86. The summed E-state index contributed by atoms with van der Waals surface area (Å²) in [4.78, 5) is 4.83. The first-order chi connectivity index (χ1) is 12.2. The van der Waals surface area contributed by atoms with Crippen LogP contribution in [0.3, 0.4) is 0 Å². The molecule has 1 saturated heterocycles. The van der Waals surface area contributed by atoms with Gasteiger partial charge in [-0.1, -0.05) is 31.2 Å². The van der Waals surface area contributed by atoms with Crippen LogP contribution in [0, 0.1) is 0 Å². The van der Waals surface area contributed by atoms with Gasteiger partial charge in [0, 0.05) is 12.6 Å². The molecule has 2 unspecified atom stereocenters. The molecule has 2 atom stereocenters. The standard InChI is InChI=1S/C21H34N2O2/c1-3-23-13-11-18(12-14-23)22(2)15-19(24)16-25-21-10-6-8-17-7-4-5-9-20(17)21/h4-5,7,9,18-19,21,24H,3,6,8,10-16H2,1-2H3. The number of rotatable bonds is 7. The van der Waals surface area contributed by atoms with Crippen molar-refractivity contribution in [3.63, 3.8) is 0 Å². The van der Waals surface area contributed by atoms with Crippen LogP contribution in [0.2, 0.25) is 0 Å². The fraction of sp³-hybridized carbons (Fsp3) is 0.714. The van der Waals surface area contributed by atoms with E-state index in [9.17, 15) is 5.11 Å². The molecular formula is C21H34N2O2. The smallest absolute Gasteiger partial charge is 0.0900 e. The van der Waals surface area contributed by atoms with E-state index < -0.39 is 6.10 Å². The van der Waals surface area contributed by atoms with Gasteiger partial charge >= 0.3 is 0 Å². The maximum absolute atomic E-state index is 10.4. The number of aliphatic hydroxyl groups excluding tert-OH is 1. The predicted molar refractivity (Wildman–Crippen MR) is 102 cm³/mol. The number of piperidine rings is 1. The molecule has 1 heterocycles. The second-order valence-electron chi connectivity index (χ2n) is 7.67. The van der Waals surface area contributed by atoms with Crippen molar-refractivity contribution in [1.82, 2.24) is 9.80 Å². The van der Waals surface area contributed by atoms with E-state index in [0.717, 1.165) is 19.4 Å². The Kier molecular flexibility index (Phi) is 6.88. The SMILES string of the molecule is CCN1CCC(N(C)CC(O)COC2CCCc3ccccc32)CC1. The zero-order valence-electron chi connectivity index (χ0n) is 15.9. The van der Waals surface area contributed by atoms with E-state index in [1.807, 2.05) is 0 Å². The van der Waals surface area contributed by atoms with Gasteiger partial charge in [-0.05, 0) is 69.9 Å². The molecule has 0 radical (unpaired) electrons. The second-order valence-corrected chi connectivity index (χ2v) is 7.67. The van der Waals surface area contributed by atoms with Crippen molar-refractivity contribution in [2.24, 2.45) is 0 Å². The third-order valence-electron chi connectivity index (χ3n) is 5.93. The topological polar surface area (TPSA) is 35.9 Å². The monoisotopic (exact) mass is 346 g/mol. The molecule has 0 bridgehead atoms. The Morgan fingerprint density at radius 2 is 2.00 bits per heavy atom. The first kappa shape index (κ1) is 18.8. The molecule has 0 spiro atoms. The maximum Gasteiger partial charge on any atom is 0.0900 e. The largest absolute Gasteiger partial charge is 0.389 e. The van der Waals surface area contributed by atoms with E-state index in [4.69, 9.17) is 4.74 Å². The fourth-order valence-electron chi connectivity index (χ4n) is 4.32. The minimum absolute atomic E-state index is 0.151. The molecule has 0 amide bonds. The minimum atomic E-state index is -0.414. The van der Waals surface area contributed by atoms with E-state index in [2.05, 4.69) is 48.0 Å². The van der Waals surface area contributed by atoms with Crippen LogP contribution in [0.4, 0.5) is 0 Å². The van der Waals surface area contributed by atoms with Crippen molar-refractivity contribution in [2.45, 2.75) is 57.3 Å². The number of ether oxygens (including phenoxy) is 1. The highest BCUT2D eigenvalue weighted by Crippen LogP contribution is 2.32. The Labute approximate surface area is 152 Å². The molecule has 1 aliphatic heterocycles. The van der Waals surface area contributed by atoms with Gasteiger partial charge in [-0.2, -0.15) is 0 Å². The van der Waals surface area contributed by atoms with E-state index in [1.54, 1.807) is 0 Å². The molecule has 2 aliphatic rings. The molecular weight excluding hydrogens is 312 g/mol. The first-order valence-corrected chi connectivity index (χ1v) is 9.97. The summed E-state index contributed by atoms with van der Waals surface area (Å²) in [5.41, 5.74) is 2.73. The fourth-order valence-corrected chi connectivity index (χ4v) is 4.32. The summed E-state index contributed by atoms with van der Waals surface area (Å²) in [5, 5.41) is 10.4. The van der Waals surface area contributed by atoms with Crippen LogP contribution in [-0.2, 0) is 11.2 Å². The molecule has 0 aromatic heterocycles. The number of nitrogens with zero attached hydrogens (tertiary/aromatic N) is 2. The van der Waals surface area contributed by atoms with Crippen molar-refractivity contribution in [3.8, 4) is 0 Å². The first-order valence-electron chi connectivity index (χ1n) is 9.97. The Morgan fingerprint density at radius 1 is 1.24 bits per heavy atom. The number of aryl methyl sites for hydroxylation is 1.